The third-order valence-corrected chi connectivity index (χ3v) is 5.79. The van der Waals surface area contributed by atoms with E-state index in [1.54, 1.807) is 30.3 Å². The van der Waals surface area contributed by atoms with Crippen molar-refractivity contribution >= 4 is 10.0 Å². The fourth-order valence-electron chi connectivity index (χ4n) is 2.75. The van der Waals surface area contributed by atoms with E-state index < -0.39 is 10.0 Å². The van der Waals surface area contributed by atoms with E-state index in [-0.39, 0.29) is 16.4 Å². The van der Waals surface area contributed by atoms with Gasteiger partial charge in [0.1, 0.15) is 5.75 Å². The Kier molecular flexibility index (Phi) is 5.00. The second-order valence-electron chi connectivity index (χ2n) is 5.60. The lowest BCUT2D eigenvalue weighted by molar-refractivity contribution is 0.333. The molecule has 0 fully saturated rings. The summed E-state index contributed by atoms with van der Waals surface area (Å²) in [4.78, 5) is 0.116. The summed E-state index contributed by atoms with van der Waals surface area (Å²) in [5.74, 6) is 0.882. The molecule has 1 aromatic heterocycles. The highest BCUT2D eigenvalue weighted by Gasteiger charge is 2.22. The van der Waals surface area contributed by atoms with Gasteiger partial charge < -0.3 is 19.3 Å². The Morgan fingerprint density at radius 1 is 0.926 bits per heavy atom. The molecule has 0 amide bonds. The summed E-state index contributed by atoms with van der Waals surface area (Å²) in [6, 6.07) is 12.4. The second kappa shape index (κ2) is 7.24. The van der Waals surface area contributed by atoms with Gasteiger partial charge in [-0.15, -0.1) is 0 Å². The first-order chi connectivity index (χ1) is 12.9. The molecule has 0 aliphatic heterocycles. The lowest BCUT2D eigenvalue weighted by Crippen LogP contribution is -2.13. The van der Waals surface area contributed by atoms with Gasteiger partial charge in [-0.2, -0.15) is 0 Å². The SMILES string of the molecule is COc1ccc(S(=O)(=O)n2cccc2-c2cc(O)c(OC)c(OC)c2)cc1. The molecule has 0 aliphatic rings. The number of hydrogen-bond acceptors (Lipinski definition) is 6. The Morgan fingerprint density at radius 2 is 1.63 bits per heavy atom. The van der Waals surface area contributed by atoms with Crippen LogP contribution in [0.15, 0.2) is 59.6 Å². The number of benzene rings is 2. The molecule has 1 N–H and O–H groups in total. The molecule has 0 bridgehead atoms. The standard InChI is InChI=1S/C19H19NO6S/c1-24-14-6-8-15(9-7-14)27(22,23)20-10-4-5-16(20)13-11-17(21)19(26-3)18(12-13)25-2/h4-12,21H,1-3H3. The van der Waals surface area contributed by atoms with Gasteiger partial charge in [-0.3, -0.25) is 0 Å². The lowest BCUT2D eigenvalue weighted by atomic mass is 10.1. The van der Waals surface area contributed by atoms with Crippen molar-refractivity contribution in [2.45, 2.75) is 4.90 Å². The van der Waals surface area contributed by atoms with Crippen LogP contribution in [0.4, 0.5) is 0 Å². The molecular formula is C19H19NO6S. The predicted octanol–water partition coefficient (Wildman–Crippen LogP) is 3.12. The Balaban J connectivity index is 2.12. The average Bonchev–Trinajstić information content (AvgIpc) is 3.18. The molecule has 7 nitrogen and oxygen atoms in total. The first-order valence-corrected chi connectivity index (χ1v) is 9.38. The van der Waals surface area contributed by atoms with Gasteiger partial charge in [0.15, 0.2) is 11.5 Å². The highest BCUT2D eigenvalue weighted by molar-refractivity contribution is 7.90. The first kappa shape index (κ1) is 18.7. The summed E-state index contributed by atoms with van der Waals surface area (Å²) in [5, 5.41) is 10.2. The van der Waals surface area contributed by atoms with E-state index in [1.165, 1.54) is 45.7 Å². The second-order valence-corrected chi connectivity index (χ2v) is 7.42. The zero-order valence-corrected chi connectivity index (χ0v) is 15.9. The van der Waals surface area contributed by atoms with E-state index in [0.29, 0.717) is 22.8 Å². The Labute approximate surface area is 157 Å². The predicted molar refractivity (Wildman–Crippen MR) is 100 cm³/mol. The molecule has 1 heterocycles. The quantitative estimate of drug-likeness (QED) is 0.697. The number of aromatic hydroxyl groups is 1. The van der Waals surface area contributed by atoms with Gasteiger partial charge in [0.05, 0.1) is 31.9 Å². The van der Waals surface area contributed by atoms with Gasteiger partial charge in [-0.25, -0.2) is 12.4 Å². The molecular weight excluding hydrogens is 370 g/mol. The van der Waals surface area contributed by atoms with Gasteiger partial charge >= 0.3 is 0 Å². The zero-order valence-electron chi connectivity index (χ0n) is 15.0. The number of rotatable bonds is 6. The maximum absolute atomic E-state index is 13.1. The van der Waals surface area contributed by atoms with Gasteiger partial charge in [-0.05, 0) is 48.5 Å². The number of aromatic nitrogens is 1. The largest absolute Gasteiger partial charge is 0.504 e. The molecule has 8 heteroatoms. The highest BCUT2D eigenvalue weighted by atomic mass is 32.2. The minimum atomic E-state index is -3.84. The topological polar surface area (TPSA) is 87.0 Å². The van der Waals surface area contributed by atoms with Crippen molar-refractivity contribution in [3.8, 4) is 34.3 Å². The van der Waals surface area contributed by atoms with Crippen LogP contribution in [-0.2, 0) is 10.0 Å². The molecule has 0 radical (unpaired) electrons. The van der Waals surface area contributed by atoms with Crippen molar-refractivity contribution in [2.75, 3.05) is 21.3 Å². The van der Waals surface area contributed by atoms with Crippen molar-refractivity contribution in [2.24, 2.45) is 0 Å². The van der Waals surface area contributed by atoms with Crippen LogP contribution in [0.5, 0.6) is 23.0 Å². The van der Waals surface area contributed by atoms with Crippen LogP contribution in [0.1, 0.15) is 0 Å². The van der Waals surface area contributed by atoms with Crippen LogP contribution in [0.2, 0.25) is 0 Å². The molecule has 2 aromatic carbocycles. The maximum Gasteiger partial charge on any atom is 0.268 e. The molecule has 27 heavy (non-hydrogen) atoms. The third kappa shape index (κ3) is 3.31. The van der Waals surface area contributed by atoms with Crippen LogP contribution < -0.4 is 14.2 Å². The molecule has 0 unspecified atom stereocenters. The summed E-state index contributed by atoms with van der Waals surface area (Å²) >= 11 is 0. The van der Waals surface area contributed by atoms with Crippen LogP contribution in [0, 0.1) is 0 Å². The molecule has 3 rings (SSSR count). The van der Waals surface area contributed by atoms with Crippen LogP contribution in [0.3, 0.4) is 0 Å². The number of phenols is 1. The van der Waals surface area contributed by atoms with Crippen molar-refractivity contribution in [1.29, 1.82) is 0 Å². The average molecular weight is 389 g/mol. The number of hydrogen-bond donors (Lipinski definition) is 1. The summed E-state index contributed by atoms with van der Waals surface area (Å²) in [5.41, 5.74) is 0.842. The normalized spacial score (nSPS) is 11.2. The van der Waals surface area contributed by atoms with E-state index in [9.17, 15) is 13.5 Å². The molecule has 0 spiro atoms. The first-order valence-electron chi connectivity index (χ1n) is 7.94. The smallest absolute Gasteiger partial charge is 0.268 e. The summed E-state index contributed by atoms with van der Waals surface area (Å²) < 4.78 is 42.7. The van der Waals surface area contributed by atoms with Crippen LogP contribution in [-0.4, -0.2) is 38.8 Å². The number of nitrogens with zero attached hydrogens (tertiary/aromatic N) is 1. The van der Waals surface area contributed by atoms with E-state index >= 15 is 0 Å². The van der Waals surface area contributed by atoms with E-state index in [2.05, 4.69) is 0 Å². The summed E-state index contributed by atoms with van der Waals surface area (Å²) in [6.45, 7) is 0. The fraction of sp³-hybridized carbons (Fsp3) is 0.158. The van der Waals surface area contributed by atoms with Crippen LogP contribution >= 0.6 is 0 Å². The molecule has 0 saturated heterocycles. The van der Waals surface area contributed by atoms with Crippen molar-refractivity contribution < 1.29 is 27.7 Å². The third-order valence-electron chi connectivity index (χ3n) is 4.08. The minimum absolute atomic E-state index is 0.116. The molecule has 0 atom stereocenters. The van der Waals surface area contributed by atoms with E-state index in [0.717, 1.165) is 3.97 Å². The monoisotopic (exact) mass is 389 g/mol. The molecule has 0 saturated carbocycles. The maximum atomic E-state index is 13.1. The van der Waals surface area contributed by atoms with Crippen molar-refractivity contribution in [3.05, 3.63) is 54.7 Å². The minimum Gasteiger partial charge on any atom is -0.504 e. The van der Waals surface area contributed by atoms with Crippen LogP contribution in [0.25, 0.3) is 11.3 Å². The van der Waals surface area contributed by atoms with E-state index in [4.69, 9.17) is 14.2 Å². The zero-order chi connectivity index (χ0) is 19.6. The molecule has 142 valence electrons. The number of methoxy groups -OCH3 is 3. The van der Waals surface area contributed by atoms with Crippen molar-refractivity contribution in [3.63, 3.8) is 0 Å². The van der Waals surface area contributed by atoms with Gasteiger partial charge in [0.25, 0.3) is 10.0 Å². The Bertz CT molecular complexity index is 1050. The highest BCUT2D eigenvalue weighted by Crippen LogP contribution is 2.41. The number of ether oxygens (including phenoxy) is 3. The molecule has 3 aromatic rings. The van der Waals surface area contributed by atoms with Gasteiger partial charge in [-0.1, -0.05) is 0 Å². The Hall–Kier alpha value is -3.13. The van der Waals surface area contributed by atoms with E-state index in [1.807, 2.05) is 0 Å². The van der Waals surface area contributed by atoms with Gasteiger partial charge in [0, 0.05) is 11.8 Å². The van der Waals surface area contributed by atoms with Gasteiger partial charge in [0.2, 0.25) is 5.75 Å². The molecule has 0 aliphatic carbocycles. The fourth-order valence-corrected chi connectivity index (χ4v) is 4.12. The van der Waals surface area contributed by atoms with Crippen molar-refractivity contribution in [1.82, 2.24) is 3.97 Å². The number of phenolic OH excluding ortho intramolecular Hbond substituents is 1. The summed E-state index contributed by atoms with van der Waals surface area (Å²) in [6.07, 6.45) is 1.45. The lowest BCUT2D eigenvalue weighted by Gasteiger charge is -2.14. The Morgan fingerprint density at radius 3 is 2.22 bits per heavy atom. The summed E-state index contributed by atoms with van der Waals surface area (Å²) in [7, 11) is 0.520.